The first kappa shape index (κ1) is 15.2. The molecule has 0 radical (unpaired) electrons. The van der Waals surface area contributed by atoms with Crippen LogP contribution in [0.25, 0.3) is 0 Å². The molecular formula is C16H16ClN3OS. The summed E-state index contributed by atoms with van der Waals surface area (Å²) < 4.78 is 0. The lowest BCUT2D eigenvalue weighted by Crippen LogP contribution is -2.34. The highest BCUT2D eigenvalue weighted by molar-refractivity contribution is 7.99. The second kappa shape index (κ2) is 6.58. The fourth-order valence-electron chi connectivity index (χ4n) is 2.34. The van der Waals surface area contributed by atoms with Gasteiger partial charge in [0.25, 0.3) is 0 Å². The number of nitrogens with zero attached hydrogens (tertiary/aromatic N) is 2. The van der Waals surface area contributed by atoms with Crippen molar-refractivity contribution < 1.29 is 4.79 Å². The molecule has 1 aliphatic rings. The Morgan fingerprint density at radius 3 is 3.05 bits per heavy atom. The molecule has 1 aliphatic heterocycles. The van der Waals surface area contributed by atoms with Crippen molar-refractivity contribution in [1.29, 1.82) is 0 Å². The molecule has 22 heavy (non-hydrogen) atoms. The molecule has 114 valence electrons. The third-order valence-electron chi connectivity index (χ3n) is 3.54. The predicted octanol–water partition coefficient (Wildman–Crippen LogP) is 4.32. The minimum atomic E-state index is -0.112. The Bertz CT molecular complexity index is 680. The Hall–Kier alpha value is -1.72. The number of urea groups is 1. The third-order valence-corrected chi connectivity index (χ3v) is 5.21. The van der Waals surface area contributed by atoms with Crippen molar-refractivity contribution in [3.63, 3.8) is 0 Å². The second-order valence-corrected chi connectivity index (χ2v) is 6.69. The number of carbonyl (C=O) groups excluding carboxylic acids is 1. The Morgan fingerprint density at radius 2 is 2.32 bits per heavy atom. The Morgan fingerprint density at radius 1 is 1.45 bits per heavy atom. The van der Waals surface area contributed by atoms with Crippen LogP contribution in [-0.2, 0) is 0 Å². The number of benzene rings is 1. The van der Waals surface area contributed by atoms with Gasteiger partial charge in [-0.05, 0) is 30.7 Å². The molecule has 1 unspecified atom stereocenters. The Labute approximate surface area is 138 Å². The van der Waals surface area contributed by atoms with Crippen LogP contribution in [0.5, 0.6) is 0 Å². The van der Waals surface area contributed by atoms with Crippen LogP contribution in [0.1, 0.15) is 16.5 Å². The molecule has 0 bridgehead atoms. The molecule has 6 heteroatoms. The molecule has 0 spiro atoms. The van der Waals surface area contributed by atoms with Gasteiger partial charge in [-0.25, -0.2) is 4.79 Å². The smallest absolute Gasteiger partial charge is 0.308 e. The number of halogens is 1. The van der Waals surface area contributed by atoms with Crippen LogP contribution in [-0.4, -0.2) is 28.2 Å². The maximum Gasteiger partial charge on any atom is 0.323 e. The second-order valence-electron chi connectivity index (χ2n) is 5.10. The van der Waals surface area contributed by atoms with E-state index in [0.29, 0.717) is 10.7 Å². The summed E-state index contributed by atoms with van der Waals surface area (Å²) in [5.41, 5.74) is 2.74. The Kier molecular flexibility index (Phi) is 4.55. The highest BCUT2D eigenvalue weighted by atomic mass is 35.5. The van der Waals surface area contributed by atoms with Crippen molar-refractivity contribution in [3.05, 3.63) is 58.9 Å². The molecule has 0 saturated carbocycles. The average molecular weight is 334 g/mol. The number of aryl methyl sites for hydroxylation is 1. The monoisotopic (exact) mass is 333 g/mol. The lowest BCUT2D eigenvalue weighted by Gasteiger charge is -2.24. The highest BCUT2D eigenvalue weighted by Crippen LogP contribution is 2.37. The number of pyridine rings is 1. The van der Waals surface area contributed by atoms with Gasteiger partial charge in [0.15, 0.2) is 0 Å². The number of amides is 2. The van der Waals surface area contributed by atoms with Crippen molar-refractivity contribution >= 4 is 35.1 Å². The molecule has 1 aromatic carbocycles. The van der Waals surface area contributed by atoms with E-state index in [-0.39, 0.29) is 11.4 Å². The standard InChI is InChI=1S/C16H16ClN3OS/c1-11-4-5-13(9-14(11)17)19-16(21)20-7-8-22-15(20)12-3-2-6-18-10-12/h2-6,9-10,15H,7-8H2,1H3,(H,19,21). The molecule has 0 aliphatic carbocycles. The zero-order valence-electron chi connectivity index (χ0n) is 12.1. The van der Waals surface area contributed by atoms with Crippen molar-refractivity contribution in [2.45, 2.75) is 12.3 Å². The normalized spacial score (nSPS) is 17.5. The summed E-state index contributed by atoms with van der Waals surface area (Å²) in [6, 6.07) is 9.32. The number of hydrogen-bond donors (Lipinski definition) is 1. The summed E-state index contributed by atoms with van der Waals surface area (Å²) in [5, 5.41) is 3.58. The molecular weight excluding hydrogens is 318 g/mol. The van der Waals surface area contributed by atoms with Gasteiger partial charge in [0.05, 0.1) is 0 Å². The van der Waals surface area contributed by atoms with Gasteiger partial charge >= 0.3 is 6.03 Å². The zero-order chi connectivity index (χ0) is 15.5. The van der Waals surface area contributed by atoms with Crippen molar-refractivity contribution in [1.82, 2.24) is 9.88 Å². The summed E-state index contributed by atoms with van der Waals surface area (Å²) in [7, 11) is 0. The highest BCUT2D eigenvalue weighted by Gasteiger charge is 2.30. The summed E-state index contributed by atoms with van der Waals surface area (Å²) in [6.07, 6.45) is 3.55. The van der Waals surface area contributed by atoms with Gasteiger partial charge in [-0.1, -0.05) is 23.7 Å². The van der Waals surface area contributed by atoms with E-state index in [1.165, 1.54) is 0 Å². The van der Waals surface area contributed by atoms with Gasteiger partial charge in [-0.15, -0.1) is 11.8 Å². The van der Waals surface area contributed by atoms with E-state index in [2.05, 4.69) is 10.3 Å². The van der Waals surface area contributed by atoms with Crippen molar-refractivity contribution in [2.75, 3.05) is 17.6 Å². The van der Waals surface area contributed by atoms with E-state index in [0.717, 1.165) is 23.4 Å². The van der Waals surface area contributed by atoms with E-state index in [9.17, 15) is 4.79 Å². The lowest BCUT2D eigenvalue weighted by atomic mass is 10.2. The molecule has 1 N–H and O–H groups in total. The van der Waals surface area contributed by atoms with Gasteiger partial charge in [-0.2, -0.15) is 0 Å². The minimum absolute atomic E-state index is 0.00891. The van der Waals surface area contributed by atoms with Crippen LogP contribution in [0.2, 0.25) is 5.02 Å². The number of nitrogens with one attached hydrogen (secondary N) is 1. The van der Waals surface area contributed by atoms with E-state index in [1.807, 2.05) is 42.3 Å². The van der Waals surface area contributed by atoms with Crippen LogP contribution in [0.4, 0.5) is 10.5 Å². The number of anilines is 1. The van der Waals surface area contributed by atoms with Gasteiger partial charge in [-0.3, -0.25) is 4.98 Å². The van der Waals surface area contributed by atoms with E-state index in [4.69, 9.17) is 11.6 Å². The summed E-state index contributed by atoms with van der Waals surface area (Å²) in [6.45, 7) is 2.65. The molecule has 2 amide bonds. The van der Waals surface area contributed by atoms with Crippen LogP contribution in [0.3, 0.4) is 0 Å². The first-order valence-electron chi connectivity index (χ1n) is 7.00. The molecule has 2 aromatic rings. The number of aromatic nitrogens is 1. The van der Waals surface area contributed by atoms with E-state index >= 15 is 0 Å². The van der Waals surface area contributed by atoms with Crippen molar-refractivity contribution in [2.24, 2.45) is 0 Å². The molecule has 1 fully saturated rings. The maximum atomic E-state index is 12.5. The first-order chi connectivity index (χ1) is 10.6. The summed E-state index contributed by atoms with van der Waals surface area (Å²) in [5.74, 6) is 0.918. The zero-order valence-corrected chi connectivity index (χ0v) is 13.7. The van der Waals surface area contributed by atoms with Gasteiger partial charge in [0.1, 0.15) is 5.37 Å². The Balaban J connectivity index is 1.75. The van der Waals surface area contributed by atoms with Gasteiger partial charge < -0.3 is 10.2 Å². The van der Waals surface area contributed by atoms with Crippen LogP contribution >= 0.6 is 23.4 Å². The van der Waals surface area contributed by atoms with E-state index < -0.39 is 0 Å². The van der Waals surface area contributed by atoms with Crippen LogP contribution < -0.4 is 5.32 Å². The summed E-state index contributed by atoms with van der Waals surface area (Å²) >= 11 is 7.85. The fourth-order valence-corrected chi connectivity index (χ4v) is 3.76. The molecule has 1 aromatic heterocycles. The summed E-state index contributed by atoms with van der Waals surface area (Å²) in [4.78, 5) is 18.5. The topological polar surface area (TPSA) is 45.2 Å². The van der Waals surface area contributed by atoms with Gasteiger partial charge in [0, 0.05) is 41.0 Å². The molecule has 1 saturated heterocycles. The number of hydrogen-bond acceptors (Lipinski definition) is 3. The number of rotatable bonds is 2. The largest absolute Gasteiger partial charge is 0.323 e. The van der Waals surface area contributed by atoms with Crippen LogP contribution in [0.15, 0.2) is 42.7 Å². The lowest BCUT2D eigenvalue weighted by molar-refractivity contribution is 0.214. The average Bonchev–Trinajstić information content (AvgIpc) is 3.01. The van der Waals surface area contributed by atoms with E-state index in [1.54, 1.807) is 24.0 Å². The first-order valence-corrected chi connectivity index (χ1v) is 8.43. The molecule has 3 rings (SSSR count). The maximum absolute atomic E-state index is 12.5. The molecule has 2 heterocycles. The SMILES string of the molecule is Cc1ccc(NC(=O)N2CCSC2c2cccnc2)cc1Cl. The minimum Gasteiger partial charge on any atom is -0.308 e. The molecule has 1 atom stereocenters. The van der Waals surface area contributed by atoms with Crippen LogP contribution in [0, 0.1) is 6.92 Å². The third kappa shape index (κ3) is 3.20. The molecule has 4 nitrogen and oxygen atoms in total. The quantitative estimate of drug-likeness (QED) is 0.890. The predicted molar refractivity (Wildman–Crippen MR) is 91.3 cm³/mol. The van der Waals surface area contributed by atoms with Crippen molar-refractivity contribution in [3.8, 4) is 0 Å². The van der Waals surface area contributed by atoms with Gasteiger partial charge in [0.2, 0.25) is 0 Å². The number of thioether (sulfide) groups is 1. The fraction of sp³-hybridized carbons (Fsp3) is 0.250. The number of carbonyl (C=O) groups is 1.